The zero-order valence-corrected chi connectivity index (χ0v) is 16.1. The van der Waals surface area contributed by atoms with Gasteiger partial charge >= 0.3 is 157 Å². The van der Waals surface area contributed by atoms with Gasteiger partial charge in [-0.25, -0.2) is 0 Å². The van der Waals surface area contributed by atoms with Gasteiger partial charge in [0.05, 0.1) is 0 Å². The Kier molecular flexibility index (Phi) is 6.99. The summed E-state index contributed by atoms with van der Waals surface area (Å²) >= 11 is -1.57. The van der Waals surface area contributed by atoms with Gasteiger partial charge in [0.25, 0.3) is 0 Å². The summed E-state index contributed by atoms with van der Waals surface area (Å²) < 4.78 is 23.0. The topological polar surface area (TPSA) is 93.1 Å². The third-order valence-electron chi connectivity index (χ3n) is 4.29. The maximum absolute atomic E-state index is 12.6. The van der Waals surface area contributed by atoms with Gasteiger partial charge in [-0.3, -0.25) is 0 Å². The van der Waals surface area contributed by atoms with Gasteiger partial charge in [0.1, 0.15) is 0 Å². The summed E-state index contributed by atoms with van der Waals surface area (Å²) in [6.45, 7) is 3.76. The number of aryl methyl sites for hydroxylation is 1. The molecule has 26 heavy (non-hydrogen) atoms. The molecule has 0 saturated carbocycles. The van der Waals surface area contributed by atoms with Gasteiger partial charge in [-0.1, -0.05) is 0 Å². The number of hydrogen-bond donors (Lipinski definition) is 2. The van der Waals surface area contributed by atoms with Gasteiger partial charge in [0.15, 0.2) is 0 Å². The van der Waals surface area contributed by atoms with Crippen molar-refractivity contribution in [2.24, 2.45) is 5.92 Å². The molecule has 0 saturated heterocycles. The number of carbonyl (C=O) groups is 1. The summed E-state index contributed by atoms with van der Waals surface area (Å²) in [5, 5.41) is 19.6. The fraction of sp³-hybridized carbons (Fsp3) is 0.421. The van der Waals surface area contributed by atoms with Gasteiger partial charge in [0.2, 0.25) is 0 Å². The standard InChI is InChI=1S/C11H15O3.C8H9O2.Co.O/c1-5-9-7(2)10(11(12)13-4)6-14-8(9)3;1-2-6-3-4-7(9)8(10)5-6;;/h5-8H,2H2,1,3-4H3;3-5,9-10H,1-2H2;;. The first-order chi connectivity index (χ1) is 12.4. The van der Waals surface area contributed by atoms with Crippen LogP contribution < -0.4 is 0 Å². The molecule has 2 atom stereocenters. The fourth-order valence-corrected chi connectivity index (χ4v) is 4.58. The van der Waals surface area contributed by atoms with E-state index in [-0.39, 0.29) is 23.5 Å². The van der Waals surface area contributed by atoms with Crippen molar-refractivity contribution in [3.05, 3.63) is 47.2 Å². The third-order valence-corrected chi connectivity index (χ3v) is 6.03. The van der Waals surface area contributed by atoms with Crippen LogP contribution in [0.5, 0.6) is 11.5 Å². The SMILES string of the molecule is CC=C1C(C)OC=C(C(=O)OC)C1[CH2][Co](=[O])[CH2]Cc1ccc(O)c(O)c1. The second-order valence-corrected chi connectivity index (χ2v) is 7.99. The molecule has 1 aliphatic heterocycles. The van der Waals surface area contributed by atoms with Crippen molar-refractivity contribution in [2.75, 3.05) is 7.11 Å². The van der Waals surface area contributed by atoms with Crippen LogP contribution in [0.2, 0.25) is 10.7 Å². The molecule has 2 unspecified atom stereocenters. The van der Waals surface area contributed by atoms with Gasteiger partial charge in [-0.05, 0) is 0 Å². The monoisotopic (exact) mass is 407 g/mol. The first-order valence-electron chi connectivity index (χ1n) is 8.19. The number of aromatic hydroxyl groups is 2. The summed E-state index contributed by atoms with van der Waals surface area (Å²) in [5.41, 5.74) is 2.08. The number of benzene rings is 1. The molecule has 0 radical (unpaired) electrons. The zero-order valence-electron chi connectivity index (χ0n) is 15.0. The van der Waals surface area contributed by atoms with Crippen molar-refractivity contribution in [1.29, 1.82) is 0 Å². The van der Waals surface area contributed by atoms with E-state index in [0.717, 1.165) is 11.1 Å². The van der Waals surface area contributed by atoms with Crippen LogP contribution in [-0.2, 0) is 38.1 Å². The number of allylic oxidation sites excluding steroid dienone is 1. The van der Waals surface area contributed by atoms with E-state index in [1.807, 2.05) is 19.9 Å². The molecule has 2 rings (SSSR count). The molecule has 0 bridgehead atoms. The van der Waals surface area contributed by atoms with Crippen molar-refractivity contribution < 1.29 is 41.9 Å². The average molecular weight is 407 g/mol. The maximum atomic E-state index is 12.6. The molecule has 0 amide bonds. The Morgan fingerprint density at radius 1 is 1.35 bits per heavy atom. The predicted octanol–water partition coefficient (Wildman–Crippen LogP) is 3.48. The number of phenolic OH excluding ortho intramolecular Hbond substituents is 2. The van der Waals surface area contributed by atoms with Crippen molar-refractivity contribution in [1.82, 2.24) is 0 Å². The summed E-state index contributed by atoms with van der Waals surface area (Å²) in [5.74, 6) is -1.15. The molecule has 1 aliphatic rings. The molecule has 1 heterocycles. The van der Waals surface area contributed by atoms with Crippen molar-refractivity contribution in [3.63, 3.8) is 0 Å². The number of phenols is 2. The van der Waals surface area contributed by atoms with Gasteiger partial charge in [0, 0.05) is 0 Å². The van der Waals surface area contributed by atoms with Crippen molar-refractivity contribution in [2.45, 2.75) is 37.1 Å². The molecule has 6 nitrogen and oxygen atoms in total. The van der Waals surface area contributed by atoms with E-state index in [1.54, 1.807) is 6.07 Å². The first kappa shape index (κ1) is 20.2. The molecule has 7 heteroatoms. The van der Waals surface area contributed by atoms with Crippen LogP contribution in [0.4, 0.5) is 0 Å². The normalized spacial score (nSPS) is 21.7. The van der Waals surface area contributed by atoms with E-state index in [0.29, 0.717) is 22.7 Å². The Hall–Kier alpha value is -2.12. The van der Waals surface area contributed by atoms with Gasteiger partial charge in [-0.2, -0.15) is 0 Å². The molecule has 145 valence electrons. The number of hydrogen-bond acceptors (Lipinski definition) is 6. The zero-order chi connectivity index (χ0) is 19.3. The van der Waals surface area contributed by atoms with E-state index in [1.165, 1.54) is 25.5 Å². The van der Waals surface area contributed by atoms with E-state index in [2.05, 4.69) is 0 Å². The van der Waals surface area contributed by atoms with Crippen LogP contribution in [0.15, 0.2) is 41.7 Å². The summed E-state index contributed by atoms with van der Waals surface area (Å²) in [6.07, 6.45) is 3.63. The van der Waals surface area contributed by atoms with Crippen molar-refractivity contribution in [3.8, 4) is 11.5 Å². The Morgan fingerprint density at radius 2 is 2.08 bits per heavy atom. The van der Waals surface area contributed by atoms with Crippen LogP contribution in [-0.4, -0.2) is 29.4 Å². The Bertz CT molecular complexity index is 752. The van der Waals surface area contributed by atoms with Crippen molar-refractivity contribution >= 4 is 5.97 Å². The second-order valence-electron chi connectivity index (χ2n) is 5.92. The summed E-state index contributed by atoms with van der Waals surface area (Å²) in [6, 6.07) is 4.56. The number of methoxy groups -OCH3 is 1. The van der Waals surface area contributed by atoms with Crippen LogP contribution in [0.1, 0.15) is 19.4 Å². The number of carbonyl (C=O) groups excluding carboxylic acids is 1. The molecule has 0 fully saturated rings. The minimum absolute atomic E-state index is 0.181. The van der Waals surface area contributed by atoms with E-state index >= 15 is 0 Å². The van der Waals surface area contributed by atoms with E-state index in [4.69, 9.17) is 9.47 Å². The van der Waals surface area contributed by atoms with Crippen LogP contribution in [0.3, 0.4) is 0 Å². The quantitative estimate of drug-likeness (QED) is 0.426. The Labute approximate surface area is 157 Å². The van der Waals surface area contributed by atoms with Crippen LogP contribution in [0.25, 0.3) is 0 Å². The number of rotatable bonds is 6. The number of esters is 1. The Morgan fingerprint density at radius 3 is 2.69 bits per heavy atom. The van der Waals surface area contributed by atoms with Gasteiger partial charge in [-0.15, -0.1) is 0 Å². The molecule has 2 N–H and O–H groups in total. The first-order valence-corrected chi connectivity index (χ1v) is 10.1. The third kappa shape index (κ3) is 4.73. The number of ether oxygens (including phenoxy) is 2. The predicted molar refractivity (Wildman–Crippen MR) is 91.7 cm³/mol. The van der Waals surface area contributed by atoms with Gasteiger partial charge < -0.3 is 0 Å². The molecule has 0 aromatic heterocycles. The minimum atomic E-state index is -1.57. The molecule has 0 aliphatic carbocycles. The molecule has 0 spiro atoms. The van der Waals surface area contributed by atoms with E-state index < -0.39 is 19.6 Å². The molecule has 1 aromatic rings. The molecular weight excluding hydrogens is 383 g/mol. The van der Waals surface area contributed by atoms with E-state index in [9.17, 15) is 18.9 Å². The Balaban J connectivity index is 2.08. The summed E-state index contributed by atoms with van der Waals surface area (Å²) in [4.78, 5) is 12.0. The fourth-order valence-electron chi connectivity index (χ4n) is 2.83. The average Bonchev–Trinajstić information content (AvgIpc) is 2.62. The molecule has 1 aromatic carbocycles. The van der Waals surface area contributed by atoms with Crippen LogP contribution in [0, 0.1) is 5.92 Å². The summed E-state index contributed by atoms with van der Waals surface area (Å²) in [7, 11) is 1.31. The second kappa shape index (κ2) is 9.00. The van der Waals surface area contributed by atoms with Crippen LogP contribution >= 0.6 is 0 Å². The molecular formula is C19H24CoO6.